The third-order valence-corrected chi connectivity index (χ3v) is 2.63. The number of hydrogen-bond acceptors (Lipinski definition) is 2. The Labute approximate surface area is 70.0 Å². The Morgan fingerprint density at radius 1 is 1.64 bits per heavy atom. The Hall–Kier alpha value is -0.380. The number of carbonyl (C=O) groups is 1. The average Bonchev–Trinajstić information content (AvgIpc) is 1.98. The van der Waals surface area contributed by atoms with Gasteiger partial charge in [-0.25, -0.2) is 0 Å². The lowest BCUT2D eigenvalue weighted by atomic mass is 10.4. The van der Waals surface area contributed by atoms with Crippen LogP contribution in [0.4, 0.5) is 0 Å². The second-order valence-electron chi connectivity index (χ2n) is 2.43. The van der Waals surface area contributed by atoms with E-state index in [-0.39, 0.29) is 11.2 Å². The van der Waals surface area contributed by atoms with Crippen LogP contribution in [0, 0.1) is 0 Å². The molecule has 11 heavy (non-hydrogen) atoms. The van der Waals surface area contributed by atoms with Crippen LogP contribution < -0.4 is 5.32 Å². The highest BCUT2D eigenvalue weighted by Crippen LogP contribution is 1.91. The molecule has 0 saturated heterocycles. The molecule has 0 aliphatic rings. The summed E-state index contributed by atoms with van der Waals surface area (Å²) in [6, 6.07) is 0. The summed E-state index contributed by atoms with van der Waals surface area (Å²) < 4.78 is 10.8. The zero-order valence-corrected chi connectivity index (χ0v) is 8.03. The molecular formula is C7H15NO2S. The molecular weight excluding hydrogens is 162 g/mol. The lowest BCUT2D eigenvalue weighted by molar-refractivity contribution is -0.120. The van der Waals surface area contributed by atoms with E-state index in [0.717, 1.165) is 6.42 Å². The predicted molar refractivity (Wildman–Crippen MR) is 46.8 cm³/mol. The number of rotatable bonds is 4. The molecule has 66 valence electrons. The normalized spacial score (nSPS) is 15.5. The second-order valence-corrected chi connectivity index (χ2v) is 4.14. The molecule has 4 heteroatoms. The first-order valence-corrected chi connectivity index (χ1v) is 5.31. The largest absolute Gasteiger partial charge is 0.355 e. The topological polar surface area (TPSA) is 46.2 Å². The lowest BCUT2D eigenvalue weighted by Crippen LogP contribution is -2.35. The molecule has 0 saturated carbocycles. The molecule has 0 aliphatic heterocycles. The van der Waals surface area contributed by atoms with Crippen molar-refractivity contribution in [3.05, 3.63) is 0 Å². The summed E-state index contributed by atoms with van der Waals surface area (Å²) in [7, 11) is -1.06. The fourth-order valence-electron chi connectivity index (χ4n) is 0.543. The Morgan fingerprint density at radius 2 is 2.18 bits per heavy atom. The van der Waals surface area contributed by atoms with Gasteiger partial charge < -0.3 is 5.32 Å². The monoisotopic (exact) mass is 177 g/mol. The molecule has 0 aromatic carbocycles. The van der Waals surface area contributed by atoms with Crippen molar-refractivity contribution in [2.45, 2.75) is 25.5 Å². The minimum absolute atomic E-state index is 0.118. The van der Waals surface area contributed by atoms with Gasteiger partial charge in [-0.1, -0.05) is 6.92 Å². The van der Waals surface area contributed by atoms with Crippen molar-refractivity contribution in [2.75, 3.05) is 12.8 Å². The maximum absolute atomic E-state index is 11.0. The summed E-state index contributed by atoms with van der Waals surface area (Å²) in [4.78, 5) is 11.0. The smallest absolute Gasteiger partial charge is 0.235 e. The van der Waals surface area contributed by atoms with Crippen LogP contribution in [0.3, 0.4) is 0 Å². The van der Waals surface area contributed by atoms with Crippen LogP contribution in [-0.2, 0) is 15.6 Å². The van der Waals surface area contributed by atoms with E-state index in [1.165, 1.54) is 6.26 Å². The highest BCUT2D eigenvalue weighted by molar-refractivity contribution is 7.85. The van der Waals surface area contributed by atoms with Gasteiger partial charge in [0.05, 0.1) is 0 Å². The van der Waals surface area contributed by atoms with Gasteiger partial charge in [0.2, 0.25) is 5.91 Å². The maximum Gasteiger partial charge on any atom is 0.235 e. The molecule has 0 aliphatic carbocycles. The molecule has 2 unspecified atom stereocenters. The molecule has 0 heterocycles. The van der Waals surface area contributed by atoms with Gasteiger partial charge in [0.1, 0.15) is 5.25 Å². The molecule has 0 fully saturated rings. The van der Waals surface area contributed by atoms with Gasteiger partial charge in [0, 0.05) is 23.6 Å². The van der Waals surface area contributed by atoms with Gasteiger partial charge in [-0.15, -0.1) is 0 Å². The summed E-state index contributed by atoms with van der Waals surface area (Å²) >= 11 is 0. The highest BCUT2D eigenvalue weighted by atomic mass is 32.2. The molecule has 0 aromatic rings. The quantitative estimate of drug-likeness (QED) is 0.670. The fourth-order valence-corrected chi connectivity index (χ4v) is 0.927. The van der Waals surface area contributed by atoms with Crippen molar-refractivity contribution >= 4 is 16.7 Å². The minimum Gasteiger partial charge on any atom is -0.355 e. The molecule has 0 bridgehead atoms. The van der Waals surface area contributed by atoms with Crippen LogP contribution in [0.25, 0.3) is 0 Å². The van der Waals surface area contributed by atoms with Gasteiger partial charge >= 0.3 is 0 Å². The average molecular weight is 177 g/mol. The van der Waals surface area contributed by atoms with Crippen molar-refractivity contribution < 1.29 is 9.00 Å². The maximum atomic E-state index is 11.0. The predicted octanol–water partition coefficient (Wildman–Crippen LogP) is 0.280. The van der Waals surface area contributed by atoms with Gasteiger partial charge in [-0.3, -0.25) is 9.00 Å². The van der Waals surface area contributed by atoms with Gasteiger partial charge in [-0.05, 0) is 13.3 Å². The molecule has 0 rings (SSSR count). The fraction of sp³-hybridized carbons (Fsp3) is 0.857. The summed E-state index contributed by atoms with van der Waals surface area (Å²) in [5.74, 6) is -0.118. The van der Waals surface area contributed by atoms with Gasteiger partial charge in [0.25, 0.3) is 0 Å². The molecule has 2 atom stereocenters. The van der Waals surface area contributed by atoms with E-state index >= 15 is 0 Å². The zero-order chi connectivity index (χ0) is 8.85. The molecule has 0 radical (unpaired) electrons. The molecule has 1 N–H and O–H groups in total. The Balaban J connectivity index is 3.74. The van der Waals surface area contributed by atoms with E-state index in [1.807, 2.05) is 6.92 Å². The Bertz CT molecular complexity index is 159. The van der Waals surface area contributed by atoms with Crippen molar-refractivity contribution in [2.24, 2.45) is 0 Å². The molecule has 0 aromatic heterocycles. The summed E-state index contributed by atoms with van der Waals surface area (Å²) in [5, 5.41) is 2.29. The standard InChI is InChI=1S/C7H15NO2S/c1-4-5-8-7(9)6(2)11(3)10/h6H,4-5H2,1-3H3,(H,8,9). The first kappa shape index (κ1) is 10.6. The van der Waals surface area contributed by atoms with Gasteiger partial charge in [-0.2, -0.15) is 0 Å². The zero-order valence-electron chi connectivity index (χ0n) is 7.22. The van der Waals surface area contributed by atoms with Crippen LogP contribution in [-0.4, -0.2) is 28.2 Å². The molecule has 3 nitrogen and oxygen atoms in total. The van der Waals surface area contributed by atoms with Crippen LogP contribution in [0.5, 0.6) is 0 Å². The van der Waals surface area contributed by atoms with Crippen molar-refractivity contribution in [3.8, 4) is 0 Å². The van der Waals surface area contributed by atoms with Crippen molar-refractivity contribution in [1.82, 2.24) is 5.32 Å². The van der Waals surface area contributed by atoms with E-state index in [9.17, 15) is 9.00 Å². The molecule has 1 amide bonds. The van der Waals surface area contributed by atoms with Crippen LogP contribution in [0.2, 0.25) is 0 Å². The van der Waals surface area contributed by atoms with E-state index in [0.29, 0.717) is 6.54 Å². The van der Waals surface area contributed by atoms with E-state index < -0.39 is 10.8 Å². The van der Waals surface area contributed by atoms with Crippen molar-refractivity contribution in [1.29, 1.82) is 0 Å². The van der Waals surface area contributed by atoms with Crippen molar-refractivity contribution in [3.63, 3.8) is 0 Å². The Kier molecular flexibility index (Phi) is 5.11. The molecule has 0 spiro atoms. The first-order chi connectivity index (χ1) is 5.09. The summed E-state index contributed by atoms with van der Waals surface area (Å²) in [5.41, 5.74) is 0. The SMILES string of the molecule is CCCNC(=O)C(C)S(C)=O. The number of amides is 1. The first-order valence-electron chi connectivity index (χ1n) is 3.69. The second kappa shape index (κ2) is 5.29. The number of nitrogens with one attached hydrogen (secondary N) is 1. The number of hydrogen-bond donors (Lipinski definition) is 1. The highest BCUT2D eigenvalue weighted by Gasteiger charge is 2.14. The minimum atomic E-state index is -1.06. The van der Waals surface area contributed by atoms with Crippen LogP contribution in [0.15, 0.2) is 0 Å². The third-order valence-electron chi connectivity index (χ3n) is 1.42. The summed E-state index contributed by atoms with van der Waals surface area (Å²) in [6.45, 7) is 4.31. The lowest BCUT2D eigenvalue weighted by Gasteiger charge is -2.07. The van der Waals surface area contributed by atoms with E-state index in [1.54, 1.807) is 6.92 Å². The third kappa shape index (κ3) is 4.14. The van der Waals surface area contributed by atoms with E-state index in [4.69, 9.17) is 0 Å². The summed E-state index contributed by atoms with van der Waals surface area (Å²) in [6.07, 6.45) is 2.45. The van der Waals surface area contributed by atoms with Gasteiger partial charge in [0.15, 0.2) is 0 Å². The Morgan fingerprint density at radius 3 is 2.55 bits per heavy atom. The number of carbonyl (C=O) groups excluding carboxylic acids is 1. The van der Waals surface area contributed by atoms with E-state index in [2.05, 4.69) is 5.32 Å². The van der Waals surface area contributed by atoms with Crippen LogP contribution >= 0.6 is 0 Å². The van der Waals surface area contributed by atoms with Crippen LogP contribution in [0.1, 0.15) is 20.3 Å².